The topological polar surface area (TPSA) is 43.4 Å². The smallest absolute Gasteiger partial charge is 0.308 e. The van der Waals surface area contributed by atoms with E-state index in [0.29, 0.717) is 5.56 Å². The normalized spacial score (nSPS) is 10.4. The Kier molecular flexibility index (Phi) is 4.45. The van der Waals surface area contributed by atoms with Gasteiger partial charge < -0.3 is 4.74 Å². The van der Waals surface area contributed by atoms with E-state index in [9.17, 15) is 9.59 Å². The molecule has 0 saturated carbocycles. The molecule has 0 aromatic heterocycles. The fourth-order valence-corrected chi connectivity index (χ4v) is 1.74. The first-order valence-electron chi connectivity index (χ1n) is 6.22. The second-order valence-corrected chi connectivity index (χ2v) is 4.20. The predicted octanol–water partition coefficient (Wildman–Crippen LogP) is 3.51. The Bertz CT molecular complexity index is 642. The number of benzene rings is 2. The van der Waals surface area contributed by atoms with Gasteiger partial charge in [0.1, 0.15) is 5.75 Å². The molecule has 0 aliphatic heterocycles. The lowest BCUT2D eigenvalue weighted by molar-refractivity contribution is -0.131. The Balaban J connectivity index is 2.21. The predicted molar refractivity (Wildman–Crippen MR) is 77.6 cm³/mol. The molecule has 0 saturated heterocycles. The number of hydrogen-bond acceptors (Lipinski definition) is 3. The van der Waals surface area contributed by atoms with Crippen LogP contribution in [0.3, 0.4) is 0 Å². The third-order valence-corrected chi connectivity index (χ3v) is 2.63. The minimum absolute atomic E-state index is 0.203. The maximum absolute atomic E-state index is 12.1. The van der Waals surface area contributed by atoms with E-state index in [1.165, 1.54) is 13.0 Å². The number of esters is 1. The molecule has 0 fully saturated rings. The largest absolute Gasteiger partial charge is 0.426 e. The van der Waals surface area contributed by atoms with Crippen LogP contribution in [0.5, 0.6) is 5.75 Å². The van der Waals surface area contributed by atoms with Crippen LogP contribution in [0.4, 0.5) is 0 Å². The Morgan fingerprint density at radius 2 is 1.60 bits per heavy atom. The summed E-state index contributed by atoms with van der Waals surface area (Å²) >= 11 is 0. The maximum Gasteiger partial charge on any atom is 0.308 e. The van der Waals surface area contributed by atoms with Crippen molar-refractivity contribution in [3.05, 3.63) is 71.8 Å². The van der Waals surface area contributed by atoms with E-state index in [0.717, 1.165) is 5.56 Å². The zero-order valence-electron chi connectivity index (χ0n) is 11.1. The summed E-state index contributed by atoms with van der Waals surface area (Å²) < 4.78 is 5.02. The van der Waals surface area contributed by atoms with Crippen molar-refractivity contribution in [3.8, 4) is 5.75 Å². The molecule has 0 N–H and O–H groups in total. The summed E-state index contributed by atoms with van der Waals surface area (Å²) in [5.74, 6) is -0.370. The SMILES string of the molecule is CC(=O)Oc1ccccc1C(=O)C=Cc1ccccc1. The van der Waals surface area contributed by atoms with Crippen molar-refractivity contribution in [1.82, 2.24) is 0 Å². The first kappa shape index (κ1) is 13.7. The van der Waals surface area contributed by atoms with Gasteiger partial charge >= 0.3 is 5.97 Å². The average Bonchev–Trinajstić information content (AvgIpc) is 2.46. The summed E-state index contributed by atoms with van der Waals surface area (Å²) in [6, 6.07) is 16.2. The molecular weight excluding hydrogens is 252 g/mol. The van der Waals surface area contributed by atoms with Crippen LogP contribution in [0.1, 0.15) is 22.8 Å². The van der Waals surface area contributed by atoms with Gasteiger partial charge in [-0.15, -0.1) is 0 Å². The molecule has 3 heteroatoms. The Labute approximate surface area is 117 Å². The van der Waals surface area contributed by atoms with E-state index < -0.39 is 5.97 Å². The number of ether oxygens (including phenoxy) is 1. The molecular formula is C17H14O3. The maximum atomic E-state index is 12.1. The van der Waals surface area contributed by atoms with Crippen LogP contribution in [0.25, 0.3) is 6.08 Å². The molecule has 100 valence electrons. The number of carbonyl (C=O) groups excluding carboxylic acids is 2. The fourth-order valence-electron chi connectivity index (χ4n) is 1.74. The number of ketones is 1. The van der Waals surface area contributed by atoms with Crippen molar-refractivity contribution in [3.63, 3.8) is 0 Å². The minimum atomic E-state index is -0.447. The van der Waals surface area contributed by atoms with E-state index in [1.54, 1.807) is 30.3 Å². The quantitative estimate of drug-likeness (QED) is 0.368. The highest BCUT2D eigenvalue weighted by Crippen LogP contribution is 2.19. The van der Waals surface area contributed by atoms with Crippen LogP contribution >= 0.6 is 0 Å². The van der Waals surface area contributed by atoms with Crippen molar-refractivity contribution in [1.29, 1.82) is 0 Å². The van der Waals surface area contributed by atoms with Gasteiger partial charge in [-0.05, 0) is 23.8 Å². The highest BCUT2D eigenvalue weighted by molar-refractivity contribution is 6.08. The third kappa shape index (κ3) is 3.65. The lowest BCUT2D eigenvalue weighted by Crippen LogP contribution is -2.06. The van der Waals surface area contributed by atoms with Gasteiger partial charge in [-0.3, -0.25) is 9.59 Å². The summed E-state index contributed by atoms with van der Waals surface area (Å²) in [4.78, 5) is 23.2. The van der Waals surface area contributed by atoms with Gasteiger partial charge in [0, 0.05) is 6.92 Å². The van der Waals surface area contributed by atoms with Crippen molar-refractivity contribution in [2.24, 2.45) is 0 Å². The van der Waals surface area contributed by atoms with E-state index in [4.69, 9.17) is 4.74 Å². The summed E-state index contributed by atoms with van der Waals surface area (Å²) in [6.07, 6.45) is 3.20. The molecule has 0 heterocycles. The van der Waals surface area contributed by atoms with Crippen molar-refractivity contribution < 1.29 is 14.3 Å². The van der Waals surface area contributed by atoms with Gasteiger partial charge in [-0.2, -0.15) is 0 Å². The highest BCUT2D eigenvalue weighted by Gasteiger charge is 2.10. The molecule has 2 aromatic rings. The number of para-hydroxylation sites is 1. The van der Waals surface area contributed by atoms with Crippen LogP contribution in [0.15, 0.2) is 60.7 Å². The lowest BCUT2D eigenvalue weighted by atomic mass is 10.1. The summed E-state index contributed by atoms with van der Waals surface area (Å²) in [6.45, 7) is 1.31. The molecule has 0 spiro atoms. The van der Waals surface area contributed by atoms with Crippen molar-refractivity contribution >= 4 is 17.8 Å². The second kappa shape index (κ2) is 6.48. The van der Waals surface area contributed by atoms with E-state index in [2.05, 4.69) is 0 Å². The molecule has 0 bridgehead atoms. The zero-order valence-corrected chi connectivity index (χ0v) is 11.1. The Hall–Kier alpha value is -2.68. The Morgan fingerprint density at radius 3 is 2.30 bits per heavy atom. The molecule has 0 amide bonds. The molecule has 20 heavy (non-hydrogen) atoms. The summed E-state index contributed by atoms with van der Waals surface area (Å²) in [7, 11) is 0. The van der Waals surface area contributed by atoms with Crippen molar-refractivity contribution in [2.45, 2.75) is 6.92 Å². The van der Waals surface area contributed by atoms with Gasteiger partial charge in [-0.1, -0.05) is 48.5 Å². The van der Waals surface area contributed by atoms with Crippen molar-refractivity contribution in [2.75, 3.05) is 0 Å². The number of allylic oxidation sites excluding steroid dienone is 1. The first-order chi connectivity index (χ1) is 9.66. The fraction of sp³-hybridized carbons (Fsp3) is 0.0588. The monoisotopic (exact) mass is 266 g/mol. The van der Waals surface area contributed by atoms with Crippen LogP contribution in [0.2, 0.25) is 0 Å². The lowest BCUT2D eigenvalue weighted by Gasteiger charge is -2.05. The Morgan fingerprint density at radius 1 is 0.950 bits per heavy atom. The number of rotatable bonds is 4. The first-order valence-corrected chi connectivity index (χ1v) is 6.22. The zero-order chi connectivity index (χ0) is 14.4. The molecule has 0 aliphatic carbocycles. The van der Waals surface area contributed by atoms with Gasteiger partial charge in [0.15, 0.2) is 5.78 Å². The molecule has 0 radical (unpaired) electrons. The second-order valence-electron chi connectivity index (χ2n) is 4.20. The van der Waals surface area contributed by atoms with Gasteiger partial charge in [0.2, 0.25) is 0 Å². The van der Waals surface area contributed by atoms with Gasteiger partial charge in [0.05, 0.1) is 5.56 Å². The van der Waals surface area contributed by atoms with Crippen LogP contribution in [0, 0.1) is 0 Å². The molecule has 0 aliphatic rings. The van der Waals surface area contributed by atoms with E-state index in [1.807, 2.05) is 30.3 Å². The van der Waals surface area contributed by atoms with Crippen LogP contribution in [-0.2, 0) is 4.79 Å². The molecule has 0 unspecified atom stereocenters. The average molecular weight is 266 g/mol. The van der Waals surface area contributed by atoms with E-state index >= 15 is 0 Å². The minimum Gasteiger partial charge on any atom is -0.426 e. The van der Waals surface area contributed by atoms with Crippen LogP contribution < -0.4 is 4.74 Å². The summed E-state index contributed by atoms with van der Waals surface area (Å²) in [5, 5.41) is 0. The van der Waals surface area contributed by atoms with E-state index in [-0.39, 0.29) is 11.5 Å². The molecule has 0 atom stereocenters. The molecule has 2 aromatic carbocycles. The molecule has 2 rings (SSSR count). The highest BCUT2D eigenvalue weighted by atomic mass is 16.5. The van der Waals surface area contributed by atoms with Crippen LogP contribution in [-0.4, -0.2) is 11.8 Å². The number of carbonyl (C=O) groups is 2. The summed E-state index contributed by atoms with van der Waals surface area (Å²) in [5.41, 5.74) is 1.31. The molecule has 3 nitrogen and oxygen atoms in total. The van der Waals surface area contributed by atoms with Gasteiger partial charge in [0.25, 0.3) is 0 Å². The third-order valence-electron chi connectivity index (χ3n) is 2.63. The van der Waals surface area contributed by atoms with Gasteiger partial charge in [-0.25, -0.2) is 0 Å². The number of hydrogen-bond donors (Lipinski definition) is 0. The standard InChI is InChI=1S/C17H14O3/c1-13(18)20-17-10-6-5-9-15(17)16(19)12-11-14-7-3-2-4-8-14/h2-12H,1H3.